The van der Waals surface area contributed by atoms with E-state index < -0.39 is 11.2 Å². The molecular formula is C7H9N3O2. The molecule has 0 atom stereocenters. The molecule has 5 heteroatoms. The first-order valence-electron chi connectivity index (χ1n) is 3.40. The van der Waals surface area contributed by atoms with Crippen molar-refractivity contribution < 1.29 is 0 Å². The highest BCUT2D eigenvalue weighted by Gasteiger charge is 1.91. The number of aromatic nitrogens is 2. The van der Waals surface area contributed by atoms with Crippen molar-refractivity contribution in [1.82, 2.24) is 9.55 Å². The Kier molecular flexibility index (Phi) is 2.47. The number of nitrogens with one attached hydrogen (secondary N) is 1. The summed E-state index contributed by atoms with van der Waals surface area (Å²) in [6, 6.07) is 1.28. The van der Waals surface area contributed by atoms with Crippen molar-refractivity contribution in [3.8, 4) is 0 Å². The summed E-state index contributed by atoms with van der Waals surface area (Å²) in [4.78, 5) is 23.7. The van der Waals surface area contributed by atoms with Crippen LogP contribution in [-0.4, -0.2) is 9.55 Å². The molecule has 0 aliphatic carbocycles. The van der Waals surface area contributed by atoms with Crippen LogP contribution in [0.25, 0.3) is 0 Å². The molecule has 0 amide bonds. The summed E-state index contributed by atoms with van der Waals surface area (Å²) in [7, 11) is 0. The molecule has 0 fully saturated rings. The van der Waals surface area contributed by atoms with Crippen LogP contribution < -0.4 is 17.0 Å². The van der Waals surface area contributed by atoms with Gasteiger partial charge in [0.1, 0.15) is 0 Å². The molecule has 1 aromatic rings. The predicted octanol–water partition coefficient (Wildman–Crippen LogP) is -0.991. The summed E-state index contributed by atoms with van der Waals surface area (Å²) >= 11 is 0. The van der Waals surface area contributed by atoms with E-state index in [-0.39, 0.29) is 0 Å². The number of hydrogen-bond donors (Lipinski definition) is 2. The number of nitrogens with two attached hydrogens (primary N) is 1. The van der Waals surface area contributed by atoms with Crippen molar-refractivity contribution in [1.29, 1.82) is 0 Å². The third-order valence-electron chi connectivity index (χ3n) is 1.34. The Morgan fingerprint density at radius 1 is 1.58 bits per heavy atom. The van der Waals surface area contributed by atoms with Gasteiger partial charge in [0.05, 0.1) is 0 Å². The second kappa shape index (κ2) is 3.56. The van der Waals surface area contributed by atoms with Crippen LogP contribution in [0.1, 0.15) is 0 Å². The summed E-state index contributed by atoms with van der Waals surface area (Å²) in [6.45, 7) is 0.367. The molecule has 0 unspecified atom stereocenters. The summed E-state index contributed by atoms with van der Waals surface area (Å²) in [5, 5.41) is 0. The van der Waals surface area contributed by atoms with Crippen LogP contribution in [0.15, 0.2) is 34.1 Å². The first-order chi connectivity index (χ1) is 5.74. The standard InChI is InChI=1S/C7H9N3O2/c8-3-1-4-10-5-2-6(11)9-7(10)12/h1-3,5H,4,8H2,(H,9,11,12)/b3-1+. The lowest BCUT2D eigenvalue weighted by Gasteiger charge is -1.97. The maximum Gasteiger partial charge on any atom is 0.328 e. The number of aromatic amines is 1. The molecular weight excluding hydrogens is 158 g/mol. The fourth-order valence-electron chi connectivity index (χ4n) is 0.762. The Balaban J connectivity index is 3.02. The molecule has 3 N–H and O–H groups in total. The van der Waals surface area contributed by atoms with Crippen LogP contribution in [0.2, 0.25) is 0 Å². The first kappa shape index (κ1) is 8.32. The Morgan fingerprint density at radius 3 is 2.92 bits per heavy atom. The highest BCUT2D eigenvalue weighted by Crippen LogP contribution is 1.76. The molecule has 0 bridgehead atoms. The van der Waals surface area contributed by atoms with Crippen LogP contribution >= 0.6 is 0 Å². The lowest BCUT2D eigenvalue weighted by Crippen LogP contribution is -2.28. The molecule has 0 aromatic carbocycles. The highest BCUT2D eigenvalue weighted by atomic mass is 16.2. The monoisotopic (exact) mass is 167 g/mol. The van der Waals surface area contributed by atoms with Crippen molar-refractivity contribution >= 4 is 0 Å². The predicted molar refractivity (Wildman–Crippen MR) is 44.7 cm³/mol. The van der Waals surface area contributed by atoms with Gasteiger partial charge in [-0.2, -0.15) is 0 Å². The molecule has 0 aliphatic heterocycles. The molecule has 0 saturated carbocycles. The lowest BCUT2D eigenvalue weighted by atomic mass is 10.5. The minimum absolute atomic E-state index is 0.367. The van der Waals surface area contributed by atoms with Gasteiger partial charge in [0, 0.05) is 18.8 Å². The molecule has 12 heavy (non-hydrogen) atoms. The van der Waals surface area contributed by atoms with Crippen molar-refractivity contribution in [3.05, 3.63) is 45.4 Å². The molecule has 1 aromatic heterocycles. The smallest absolute Gasteiger partial charge is 0.328 e. The second-order valence-corrected chi connectivity index (χ2v) is 2.19. The second-order valence-electron chi connectivity index (χ2n) is 2.19. The molecule has 5 nitrogen and oxygen atoms in total. The molecule has 0 radical (unpaired) electrons. The van der Waals surface area contributed by atoms with Crippen LogP contribution in [0.4, 0.5) is 0 Å². The number of nitrogens with zero attached hydrogens (tertiary/aromatic N) is 1. The summed E-state index contributed by atoms with van der Waals surface area (Å²) in [6.07, 6.45) is 4.37. The molecule has 0 aliphatic rings. The number of rotatable bonds is 2. The average Bonchev–Trinajstić information content (AvgIpc) is 2.03. The molecule has 64 valence electrons. The summed E-state index contributed by atoms with van der Waals surface area (Å²) in [5.41, 5.74) is 4.26. The molecule has 0 spiro atoms. The topological polar surface area (TPSA) is 80.9 Å². The van der Waals surface area contributed by atoms with Gasteiger partial charge in [-0.3, -0.25) is 14.3 Å². The minimum atomic E-state index is -0.430. The van der Waals surface area contributed by atoms with E-state index in [1.807, 2.05) is 0 Å². The van der Waals surface area contributed by atoms with Crippen LogP contribution in [-0.2, 0) is 6.54 Å². The zero-order valence-corrected chi connectivity index (χ0v) is 6.36. The van der Waals surface area contributed by atoms with Crippen molar-refractivity contribution in [3.63, 3.8) is 0 Å². The molecule has 1 heterocycles. The van der Waals surface area contributed by atoms with Gasteiger partial charge in [-0.1, -0.05) is 0 Å². The van der Waals surface area contributed by atoms with Gasteiger partial charge in [-0.15, -0.1) is 0 Å². The van der Waals surface area contributed by atoms with Gasteiger partial charge in [0.25, 0.3) is 5.56 Å². The van der Waals surface area contributed by atoms with E-state index in [2.05, 4.69) is 4.98 Å². The SMILES string of the molecule is N/C=C/Cn1ccc(=O)[nH]c1=O. The lowest BCUT2D eigenvalue weighted by molar-refractivity contribution is 0.735. The Labute approximate surface area is 68.1 Å². The van der Waals surface area contributed by atoms with Gasteiger partial charge in [-0.25, -0.2) is 4.79 Å². The third-order valence-corrected chi connectivity index (χ3v) is 1.34. The molecule has 0 saturated heterocycles. The minimum Gasteiger partial charge on any atom is -0.405 e. The van der Waals surface area contributed by atoms with E-state index in [4.69, 9.17) is 5.73 Å². The van der Waals surface area contributed by atoms with E-state index in [1.165, 1.54) is 23.0 Å². The number of H-pyrrole nitrogens is 1. The quantitative estimate of drug-likeness (QED) is 0.593. The fourth-order valence-corrected chi connectivity index (χ4v) is 0.762. The van der Waals surface area contributed by atoms with Crippen molar-refractivity contribution in [2.75, 3.05) is 0 Å². The van der Waals surface area contributed by atoms with E-state index >= 15 is 0 Å². The fraction of sp³-hybridized carbons (Fsp3) is 0.143. The Morgan fingerprint density at radius 2 is 2.33 bits per heavy atom. The average molecular weight is 167 g/mol. The normalized spacial score (nSPS) is 10.7. The zero-order chi connectivity index (χ0) is 8.97. The van der Waals surface area contributed by atoms with Gasteiger partial charge < -0.3 is 5.73 Å². The zero-order valence-electron chi connectivity index (χ0n) is 6.36. The van der Waals surface area contributed by atoms with E-state index in [0.29, 0.717) is 6.54 Å². The van der Waals surface area contributed by atoms with Gasteiger partial charge in [0.15, 0.2) is 0 Å². The van der Waals surface area contributed by atoms with Crippen LogP contribution in [0, 0.1) is 0 Å². The highest BCUT2D eigenvalue weighted by molar-refractivity contribution is 4.86. The largest absolute Gasteiger partial charge is 0.405 e. The van der Waals surface area contributed by atoms with Gasteiger partial charge >= 0.3 is 5.69 Å². The third kappa shape index (κ3) is 1.85. The van der Waals surface area contributed by atoms with Gasteiger partial charge in [0.2, 0.25) is 0 Å². The van der Waals surface area contributed by atoms with Gasteiger partial charge in [-0.05, 0) is 12.3 Å². The maximum absolute atomic E-state index is 11.0. The molecule has 1 rings (SSSR count). The van der Waals surface area contributed by atoms with Crippen molar-refractivity contribution in [2.45, 2.75) is 6.54 Å². The van der Waals surface area contributed by atoms with E-state index in [1.54, 1.807) is 6.08 Å². The van der Waals surface area contributed by atoms with Crippen LogP contribution in [0.5, 0.6) is 0 Å². The Bertz CT molecular complexity index is 388. The number of allylic oxidation sites excluding steroid dienone is 1. The van der Waals surface area contributed by atoms with Crippen molar-refractivity contribution in [2.24, 2.45) is 5.73 Å². The maximum atomic E-state index is 11.0. The Hall–Kier alpha value is -1.78. The first-order valence-corrected chi connectivity index (χ1v) is 3.40. The van der Waals surface area contributed by atoms with E-state index in [0.717, 1.165) is 0 Å². The number of hydrogen-bond acceptors (Lipinski definition) is 3. The van der Waals surface area contributed by atoms with Crippen LogP contribution in [0.3, 0.4) is 0 Å². The van der Waals surface area contributed by atoms with E-state index in [9.17, 15) is 9.59 Å². The summed E-state index contributed by atoms with van der Waals surface area (Å²) < 4.78 is 1.34. The summed E-state index contributed by atoms with van der Waals surface area (Å²) in [5.74, 6) is 0.